The van der Waals surface area contributed by atoms with Crippen LogP contribution in [0.2, 0.25) is 0 Å². The number of ether oxygens (including phenoxy) is 6. The van der Waals surface area contributed by atoms with Gasteiger partial charge in [0.1, 0.15) is 24.1 Å². The molecule has 0 aliphatic carbocycles. The Hall–Kier alpha value is -3.79. The molecular formula is C38H39BrO7. The fourth-order valence-corrected chi connectivity index (χ4v) is 5.67. The second-order valence-corrected chi connectivity index (χ2v) is 11.4. The maximum Gasteiger partial charge on any atom is 0.303 e. The fourth-order valence-electron chi connectivity index (χ4n) is 5.30. The molecule has 4 aromatic carbocycles. The maximum absolute atomic E-state index is 12.5. The van der Waals surface area contributed by atoms with Crippen LogP contribution in [0.25, 0.3) is 0 Å². The van der Waals surface area contributed by atoms with Gasteiger partial charge in [0.05, 0.1) is 33.0 Å². The van der Waals surface area contributed by atoms with Gasteiger partial charge in [-0.05, 0) is 22.3 Å². The normalized spacial score (nSPS) is 22.1. The highest BCUT2D eigenvalue weighted by Crippen LogP contribution is 2.34. The van der Waals surface area contributed by atoms with E-state index in [9.17, 15) is 4.79 Å². The van der Waals surface area contributed by atoms with Gasteiger partial charge in [-0.25, -0.2) is 0 Å². The number of carbonyl (C=O) groups excluding carboxylic acids is 1. The molecular weight excluding hydrogens is 648 g/mol. The third kappa shape index (κ3) is 9.85. The van der Waals surface area contributed by atoms with E-state index in [0.29, 0.717) is 19.0 Å². The quantitative estimate of drug-likeness (QED) is 0.127. The lowest BCUT2D eigenvalue weighted by Crippen LogP contribution is -2.51. The molecule has 1 saturated heterocycles. The van der Waals surface area contributed by atoms with E-state index in [2.05, 4.69) is 15.9 Å². The standard InChI is InChI=1S/C38H39BrO7/c1-28(40)45-36-33(22-39)46-34(27-41-23-29-14-6-2-7-15-29)35(42-24-30-16-8-3-9-17-30)37(43-25-31-18-10-4-11-19-31)38(36)44-26-32-20-12-5-13-21-32/h2-22,34-38H,23-27H2,1H3/b33-22-/t34-,35-,36-,37+,38-/m1/s1. The van der Waals surface area contributed by atoms with Crippen molar-refractivity contribution in [3.05, 3.63) is 154 Å². The van der Waals surface area contributed by atoms with E-state index < -0.39 is 36.5 Å². The average molecular weight is 688 g/mol. The maximum atomic E-state index is 12.5. The number of hydrogen-bond acceptors (Lipinski definition) is 7. The van der Waals surface area contributed by atoms with Crippen LogP contribution in [-0.2, 0) is 59.6 Å². The second-order valence-electron chi connectivity index (χ2n) is 11.0. The summed E-state index contributed by atoms with van der Waals surface area (Å²) < 4.78 is 38.8. The molecule has 0 saturated carbocycles. The highest BCUT2D eigenvalue weighted by Gasteiger charge is 2.49. The number of benzene rings is 4. The molecule has 0 radical (unpaired) electrons. The third-order valence-corrected chi connectivity index (χ3v) is 7.98. The van der Waals surface area contributed by atoms with Crippen molar-refractivity contribution in [2.75, 3.05) is 6.61 Å². The van der Waals surface area contributed by atoms with Gasteiger partial charge in [0.25, 0.3) is 0 Å². The van der Waals surface area contributed by atoms with Gasteiger partial charge in [0.15, 0.2) is 12.2 Å². The smallest absolute Gasteiger partial charge is 0.303 e. The molecule has 4 aromatic rings. The Morgan fingerprint density at radius 2 is 1.04 bits per heavy atom. The predicted octanol–water partition coefficient (Wildman–Crippen LogP) is 7.53. The molecule has 8 heteroatoms. The minimum Gasteiger partial charge on any atom is -0.485 e. The van der Waals surface area contributed by atoms with Crippen molar-refractivity contribution in [2.24, 2.45) is 0 Å². The van der Waals surface area contributed by atoms with E-state index in [1.165, 1.54) is 6.92 Å². The summed E-state index contributed by atoms with van der Waals surface area (Å²) in [6.07, 6.45) is -3.77. The Bertz CT molecular complexity index is 1490. The van der Waals surface area contributed by atoms with Gasteiger partial charge in [0.2, 0.25) is 0 Å². The SMILES string of the molecule is CC(=O)O[C@@H]1/C(=C/Br)O[C@H](COCc2ccccc2)[C@@H](OCc2ccccc2)[C@H](OCc2ccccc2)[C@@H]1OCc1ccccc1. The van der Waals surface area contributed by atoms with Crippen molar-refractivity contribution < 1.29 is 33.2 Å². The fraction of sp³-hybridized carbons (Fsp3) is 0.289. The van der Waals surface area contributed by atoms with E-state index >= 15 is 0 Å². The van der Waals surface area contributed by atoms with Crippen LogP contribution in [0.1, 0.15) is 29.2 Å². The summed E-state index contributed by atoms with van der Waals surface area (Å²) in [6.45, 7) is 2.77. The van der Waals surface area contributed by atoms with Gasteiger partial charge < -0.3 is 28.4 Å². The van der Waals surface area contributed by atoms with Gasteiger partial charge >= 0.3 is 5.97 Å². The Morgan fingerprint density at radius 1 is 0.630 bits per heavy atom. The summed E-state index contributed by atoms with van der Waals surface area (Å²) in [4.78, 5) is 14.1. The van der Waals surface area contributed by atoms with Crippen LogP contribution >= 0.6 is 15.9 Å². The summed E-state index contributed by atoms with van der Waals surface area (Å²) in [5, 5.41) is 0. The van der Waals surface area contributed by atoms with Gasteiger partial charge in [-0.3, -0.25) is 4.79 Å². The average Bonchev–Trinajstić information content (AvgIpc) is 3.20. The summed E-state index contributed by atoms with van der Waals surface area (Å²) in [6, 6.07) is 39.6. The zero-order valence-corrected chi connectivity index (χ0v) is 27.4. The molecule has 46 heavy (non-hydrogen) atoms. The molecule has 5 atom stereocenters. The number of halogens is 1. The van der Waals surface area contributed by atoms with E-state index in [1.54, 1.807) is 4.99 Å². The lowest BCUT2D eigenvalue weighted by Gasteiger charge is -2.35. The lowest BCUT2D eigenvalue weighted by atomic mass is 9.99. The Labute approximate surface area is 279 Å². The van der Waals surface area contributed by atoms with E-state index in [-0.39, 0.29) is 19.8 Å². The molecule has 1 heterocycles. The van der Waals surface area contributed by atoms with Gasteiger partial charge in [0, 0.05) is 11.9 Å². The number of esters is 1. The van der Waals surface area contributed by atoms with Crippen LogP contribution in [0.3, 0.4) is 0 Å². The monoisotopic (exact) mass is 686 g/mol. The molecule has 0 amide bonds. The van der Waals surface area contributed by atoms with Crippen LogP contribution in [0.5, 0.6) is 0 Å². The molecule has 0 bridgehead atoms. The summed E-state index contributed by atoms with van der Waals surface area (Å²) >= 11 is 3.47. The summed E-state index contributed by atoms with van der Waals surface area (Å²) in [7, 11) is 0. The third-order valence-electron chi connectivity index (χ3n) is 7.53. The summed E-state index contributed by atoms with van der Waals surface area (Å²) in [5.74, 6) is -0.100. The topological polar surface area (TPSA) is 72.5 Å². The molecule has 240 valence electrons. The zero-order chi connectivity index (χ0) is 32.0. The minimum atomic E-state index is -0.927. The number of hydrogen-bond donors (Lipinski definition) is 0. The highest BCUT2D eigenvalue weighted by atomic mass is 79.9. The lowest BCUT2D eigenvalue weighted by molar-refractivity contribution is -0.190. The Balaban J connectivity index is 1.51. The van der Waals surface area contributed by atoms with Crippen molar-refractivity contribution in [2.45, 2.75) is 63.9 Å². The molecule has 7 nitrogen and oxygen atoms in total. The second kappa shape index (κ2) is 17.8. The van der Waals surface area contributed by atoms with E-state index in [4.69, 9.17) is 28.4 Å². The minimum absolute atomic E-state index is 0.183. The molecule has 0 aromatic heterocycles. The van der Waals surface area contributed by atoms with Crippen molar-refractivity contribution in [3.63, 3.8) is 0 Å². The first-order valence-corrected chi connectivity index (χ1v) is 16.2. The van der Waals surface area contributed by atoms with Crippen molar-refractivity contribution in [3.8, 4) is 0 Å². The van der Waals surface area contributed by atoms with Crippen LogP contribution in [-0.4, -0.2) is 43.1 Å². The summed E-state index contributed by atoms with van der Waals surface area (Å²) in [5.41, 5.74) is 3.97. The van der Waals surface area contributed by atoms with Gasteiger partial charge in [-0.2, -0.15) is 0 Å². The molecule has 5 rings (SSSR count). The van der Waals surface area contributed by atoms with Crippen molar-refractivity contribution in [1.82, 2.24) is 0 Å². The number of rotatable bonds is 14. The molecule has 0 spiro atoms. The highest BCUT2D eigenvalue weighted by molar-refractivity contribution is 9.11. The van der Waals surface area contributed by atoms with E-state index in [1.807, 2.05) is 121 Å². The van der Waals surface area contributed by atoms with Crippen LogP contribution in [0.4, 0.5) is 0 Å². The molecule has 1 fully saturated rings. The zero-order valence-electron chi connectivity index (χ0n) is 25.8. The largest absolute Gasteiger partial charge is 0.485 e. The van der Waals surface area contributed by atoms with Crippen LogP contribution < -0.4 is 0 Å². The van der Waals surface area contributed by atoms with Crippen molar-refractivity contribution >= 4 is 21.9 Å². The molecule has 0 unspecified atom stereocenters. The molecule has 0 N–H and O–H groups in total. The first-order valence-electron chi connectivity index (χ1n) is 15.3. The first kappa shape index (κ1) is 33.6. The predicted molar refractivity (Wildman–Crippen MR) is 179 cm³/mol. The Morgan fingerprint density at radius 3 is 1.48 bits per heavy atom. The van der Waals surface area contributed by atoms with Gasteiger partial charge in [-0.1, -0.05) is 137 Å². The first-order chi connectivity index (χ1) is 22.6. The molecule has 1 aliphatic rings. The van der Waals surface area contributed by atoms with Crippen LogP contribution in [0.15, 0.2) is 132 Å². The van der Waals surface area contributed by atoms with Crippen LogP contribution in [0, 0.1) is 0 Å². The Kier molecular flexibility index (Phi) is 13.0. The number of carbonyl (C=O) groups is 1. The van der Waals surface area contributed by atoms with Gasteiger partial charge in [-0.15, -0.1) is 0 Å². The molecule has 1 aliphatic heterocycles. The van der Waals surface area contributed by atoms with E-state index in [0.717, 1.165) is 22.3 Å². The van der Waals surface area contributed by atoms with Crippen molar-refractivity contribution in [1.29, 1.82) is 0 Å².